The minimum absolute atomic E-state index is 0.0179. The van der Waals surface area contributed by atoms with Crippen molar-refractivity contribution in [3.8, 4) is 0 Å². The van der Waals surface area contributed by atoms with Gasteiger partial charge in [-0.3, -0.25) is 4.79 Å². The van der Waals surface area contributed by atoms with Crippen LogP contribution in [0.5, 0.6) is 0 Å². The van der Waals surface area contributed by atoms with Crippen LogP contribution < -0.4 is 5.43 Å². The molecule has 1 aliphatic rings. The molecule has 0 aliphatic heterocycles. The third-order valence-corrected chi connectivity index (χ3v) is 4.57. The number of nitrogens with one attached hydrogen (secondary N) is 1. The van der Waals surface area contributed by atoms with Crippen molar-refractivity contribution in [2.45, 2.75) is 19.3 Å². The Morgan fingerprint density at radius 3 is 2.85 bits per heavy atom. The quantitative estimate of drug-likeness (QED) is 0.679. The number of benzene rings is 1. The second-order valence-electron chi connectivity index (χ2n) is 5.06. The molecule has 1 aromatic heterocycles. The van der Waals surface area contributed by atoms with Gasteiger partial charge in [-0.2, -0.15) is 5.10 Å². The zero-order valence-electron chi connectivity index (χ0n) is 11.2. The van der Waals surface area contributed by atoms with Gasteiger partial charge in [-0.1, -0.05) is 30.3 Å². The maximum absolute atomic E-state index is 12.0. The summed E-state index contributed by atoms with van der Waals surface area (Å²) in [5.41, 5.74) is 5.07. The van der Waals surface area contributed by atoms with Gasteiger partial charge in [0.25, 0.3) is 0 Å². The lowest BCUT2D eigenvalue weighted by molar-refractivity contribution is -0.122. The highest BCUT2D eigenvalue weighted by molar-refractivity contribution is 7.11. The molecule has 3 nitrogen and oxygen atoms in total. The van der Waals surface area contributed by atoms with E-state index in [9.17, 15) is 4.79 Å². The van der Waals surface area contributed by atoms with E-state index in [2.05, 4.69) is 22.7 Å². The number of rotatable bonds is 4. The fraction of sp³-hybridized carbons (Fsp3) is 0.250. The number of hydrogen-bond acceptors (Lipinski definition) is 3. The molecule has 1 aliphatic carbocycles. The normalized spacial score (nSPS) is 21.1. The summed E-state index contributed by atoms with van der Waals surface area (Å²) < 4.78 is 0. The average Bonchev–Trinajstić information content (AvgIpc) is 3.18. The Balaban J connectivity index is 1.54. The van der Waals surface area contributed by atoms with Crippen molar-refractivity contribution < 1.29 is 4.79 Å². The van der Waals surface area contributed by atoms with E-state index >= 15 is 0 Å². The molecule has 2 atom stereocenters. The maximum Gasteiger partial charge on any atom is 0.243 e. The largest absolute Gasteiger partial charge is 0.273 e. The Morgan fingerprint density at radius 1 is 1.35 bits per heavy atom. The lowest BCUT2D eigenvalue weighted by atomic mass is 10.1. The van der Waals surface area contributed by atoms with E-state index < -0.39 is 0 Å². The first-order valence-corrected chi connectivity index (χ1v) is 7.55. The number of thiophene rings is 1. The highest BCUT2D eigenvalue weighted by atomic mass is 32.1. The smallest absolute Gasteiger partial charge is 0.243 e. The van der Waals surface area contributed by atoms with Crippen molar-refractivity contribution in [3.63, 3.8) is 0 Å². The number of hydrogen-bond donors (Lipinski definition) is 1. The first kappa shape index (κ1) is 13.1. The topological polar surface area (TPSA) is 41.5 Å². The van der Waals surface area contributed by atoms with Crippen molar-refractivity contribution in [2.75, 3.05) is 0 Å². The first-order valence-electron chi connectivity index (χ1n) is 6.67. The number of carbonyl (C=O) groups is 1. The van der Waals surface area contributed by atoms with Crippen LogP contribution in [0.25, 0.3) is 0 Å². The van der Waals surface area contributed by atoms with Crippen LogP contribution in [0.1, 0.15) is 28.3 Å². The van der Waals surface area contributed by atoms with E-state index in [0.29, 0.717) is 5.92 Å². The van der Waals surface area contributed by atoms with Gasteiger partial charge in [0.15, 0.2) is 0 Å². The highest BCUT2D eigenvalue weighted by Gasteiger charge is 2.43. The zero-order chi connectivity index (χ0) is 13.9. The van der Waals surface area contributed by atoms with E-state index in [4.69, 9.17) is 0 Å². The molecule has 0 saturated heterocycles. The molecular formula is C16H16N2OS. The SMILES string of the molecule is Cc1ccsc1/C=N\NC(=O)[C@H]1C[C@@H]1c1ccccc1. The van der Waals surface area contributed by atoms with Crippen LogP contribution >= 0.6 is 11.3 Å². The van der Waals surface area contributed by atoms with Gasteiger partial charge in [0.2, 0.25) is 5.91 Å². The summed E-state index contributed by atoms with van der Waals surface area (Å²) in [6.45, 7) is 2.03. The summed E-state index contributed by atoms with van der Waals surface area (Å²) in [7, 11) is 0. The van der Waals surface area contributed by atoms with Crippen molar-refractivity contribution in [1.82, 2.24) is 5.43 Å². The van der Waals surface area contributed by atoms with E-state index in [1.807, 2.05) is 36.6 Å². The standard InChI is InChI=1S/C16H16N2OS/c1-11-7-8-20-15(11)10-17-18-16(19)14-9-13(14)12-5-3-2-4-6-12/h2-8,10,13-14H,9H2,1H3,(H,18,19)/b17-10-/t13-,14+/m1/s1. The van der Waals surface area contributed by atoms with E-state index in [1.54, 1.807) is 17.6 Å². The summed E-state index contributed by atoms with van der Waals surface area (Å²) in [4.78, 5) is 13.1. The molecule has 1 amide bonds. The molecule has 20 heavy (non-hydrogen) atoms. The molecule has 0 bridgehead atoms. The van der Waals surface area contributed by atoms with Gasteiger partial charge in [-0.15, -0.1) is 11.3 Å². The Hall–Kier alpha value is -1.94. The molecule has 1 fully saturated rings. The lowest BCUT2D eigenvalue weighted by Crippen LogP contribution is -2.20. The van der Waals surface area contributed by atoms with E-state index in [1.165, 1.54) is 11.1 Å². The Bertz CT molecular complexity index is 633. The van der Waals surface area contributed by atoms with Gasteiger partial charge < -0.3 is 0 Å². The third kappa shape index (κ3) is 2.80. The van der Waals surface area contributed by atoms with Gasteiger partial charge in [-0.25, -0.2) is 5.43 Å². The van der Waals surface area contributed by atoms with Crippen LogP contribution in [-0.4, -0.2) is 12.1 Å². The van der Waals surface area contributed by atoms with Crippen LogP contribution in [0, 0.1) is 12.8 Å². The molecule has 3 rings (SSSR count). The number of amides is 1. The molecule has 0 spiro atoms. The summed E-state index contributed by atoms with van der Waals surface area (Å²) in [5, 5.41) is 6.07. The lowest BCUT2D eigenvalue weighted by Gasteiger charge is -1.99. The maximum atomic E-state index is 12.0. The molecule has 0 radical (unpaired) electrons. The molecule has 0 unspecified atom stereocenters. The predicted octanol–water partition coefficient (Wildman–Crippen LogP) is 3.31. The van der Waals surface area contributed by atoms with Crippen LogP contribution in [-0.2, 0) is 4.79 Å². The second-order valence-corrected chi connectivity index (χ2v) is 6.01. The van der Waals surface area contributed by atoms with Crippen LogP contribution in [0.2, 0.25) is 0 Å². The van der Waals surface area contributed by atoms with Crippen LogP contribution in [0.15, 0.2) is 46.9 Å². The minimum atomic E-state index is 0.0179. The fourth-order valence-corrected chi connectivity index (χ4v) is 3.09. The average molecular weight is 284 g/mol. The molecule has 1 aromatic carbocycles. The second kappa shape index (κ2) is 5.59. The molecule has 1 heterocycles. The molecule has 1 N–H and O–H groups in total. The first-order chi connectivity index (χ1) is 9.75. The Morgan fingerprint density at radius 2 is 2.15 bits per heavy atom. The van der Waals surface area contributed by atoms with E-state index in [-0.39, 0.29) is 11.8 Å². The molecule has 2 aromatic rings. The van der Waals surface area contributed by atoms with Gasteiger partial charge in [0.1, 0.15) is 0 Å². The number of nitrogens with zero attached hydrogens (tertiary/aromatic N) is 1. The van der Waals surface area contributed by atoms with Crippen LogP contribution in [0.3, 0.4) is 0 Å². The minimum Gasteiger partial charge on any atom is -0.273 e. The fourth-order valence-electron chi connectivity index (χ4n) is 2.31. The zero-order valence-corrected chi connectivity index (χ0v) is 12.1. The van der Waals surface area contributed by atoms with Crippen molar-refractivity contribution in [3.05, 3.63) is 57.8 Å². The third-order valence-electron chi connectivity index (χ3n) is 3.61. The number of hydrazone groups is 1. The van der Waals surface area contributed by atoms with Gasteiger partial charge in [0, 0.05) is 10.8 Å². The van der Waals surface area contributed by atoms with Crippen molar-refractivity contribution >= 4 is 23.5 Å². The molecular weight excluding hydrogens is 268 g/mol. The van der Waals surface area contributed by atoms with Crippen molar-refractivity contribution in [1.29, 1.82) is 0 Å². The number of carbonyl (C=O) groups excluding carboxylic acids is 1. The van der Waals surface area contributed by atoms with Gasteiger partial charge in [0.05, 0.1) is 6.21 Å². The summed E-state index contributed by atoms with van der Waals surface area (Å²) in [5.74, 6) is 0.443. The highest BCUT2D eigenvalue weighted by Crippen LogP contribution is 2.47. The summed E-state index contributed by atoms with van der Waals surface area (Å²) >= 11 is 1.62. The Kier molecular flexibility index (Phi) is 3.65. The molecule has 4 heteroatoms. The van der Waals surface area contributed by atoms with Crippen molar-refractivity contribution in [2.24, 2.45) is 11.0 Å². The van der Waals surface area contributed by atoms with Crippen LogP contribution in [0.4, 0.5) is 0 Å². The summed E-state index contributed by atoms with van der Waals surface area (Å²) in [6.07, 6.45) is 2.64. The van der Waals surface area contributed by atoms with Gasteiger partial charge in [-0.05, 0) is 41.8 Å². The predicted molar refractivity (Wildman–Crippen MR) is 82.1 cm³/mol. The number of aryl methyl sites for hydroxylation is 1. The van der Waals surface area contributed by atoms with E-state index in [0.717, 1.165) is 11.3 Å². The summed E-state index contributed by atoms with van der Waals surface area (Å²) in [6, 6.07) is 12.2. The Labute approximate surface area is 122 Å². The monoisotopic (exact) mass is 284 g/mol. The molecule has 1 saturated carbocycles. The molecule has 102 valence electrons. The van der Waals surface area contributed by atoms with Gasteiger partial charge >= 0.3 is 0 Å².